The average molecular weight is 328 g/mol. The first-order valence-electron chi connectivity index (χ1n) is 7.39. The Morgan fingerprint density at radius 2 is 1.96 bits per heavy atom. The number of carboxylic acid groups (broad SMARTS) is 1. The number of nitrogens with two attached hydrogens (primary N) is 1. The van der Waals surface area contributed by atoms with Crippen LogP contribution in [-0.4, -0.2) is 44.1 Å². The second-order valence-electron chi connectivity index (χ2n) is 5.56. The van der Waals surface area contributed by atoms with Crippen LogP contribution in [0.4, 0.5) is 0 Å². The van der Waals surface area contributed by atoms with E-state index in [2.05, 4.69) is 5.10 Å². The quantitative estimate of drug-likeness (QED) is 0.854. The Morgan fingerprint density at radius 3 is 2.58 bits per heavy atom. The van der Waals surface area contributed by atoms with E-state index in [1.807, 2.05) is 0 Å². The number of nitrogens with zero attached hydrogens (tertiary/aromatic N) is 3. The van der Waals surface area contributed by atoms with Crippen molar-refractivity contribution in [1.29, 1.82) is 0 Å². The lowest BCUT2D eigenvalue weighted by Gasteiger charge is -2.26. The van der Waals surface area contributed by atoms with Gasteiger partial charge in [-0.15, -0.1) is 0 Å². The lowest BCUT2D eigenvalue weighted by molar-refractivity contribution is -0.129. The maximum atomic E-state index is 11.7. The molecule has 8 heteroatoms. The summed E-state index contributed by atoms with van der Waals surface area (Å²) < 4.78 is 1.45. The number of carbonyl (C=O) groups excluding carboxylic acids is 2. The molecule has 24 heavy (non-hydrogen) atoms. The van der Waals surface area contributed by atoms with Gasteiger partial charge in [0.05, 0.1) is 16.9 Å². The molecule has 0 atom stereocenters. The van der Waals surface area contributed by atoms with Crippen LogP contribution >= 0.6 is 0 Å². The van der Waals surface area contributed by atoms with Crippen LogP contribution in [0.5, 0.6) is 0 Å². The number of hydrogen-bond donors (Lipinski definition) is 2. The number of hydrogen-bond acceptors (Lipinski definition) is 4. The van der Waals surface area contributed by atoms with Gasteiger partial charge in [-0.1, -0.05) is 12.1 Å². The van der Waals surface area contributed by atoms with E-state index in [0.717, 1.165) is 0 Å². The molecule has 0 aliphatic carbocycles. The topological polar surface area (TPSA) is 119 Å². The van der Waals surface area contributed by atoms with Crippen LogP contribution in [-0.2, 0) is 17.8 Å². The van der Waals surface area contributed by atoms with Gasteiger partial charge >= 0.3 is 5.97 Å². The molecule has 0 fully saturated rings. The highest BCUT2D eigenvalue weighted by molar-refractivity contribution is 5.94. The van der Waals surface area contributed by atoms with Crippen LogP contribution in [0.3, 0.4) is 0 Å². The molecule has 0 radical (unpaired) electrons. The summed E-state index contributed by atoms with van der Waals surface area (Å²) in [6, 6.07) is 6.42. The van der Waals surface area contributed by atoms with E-state index in [1.54, 1.807) is 23.1 Å². The molecule has 2 heterocycles. The summed E-state index contributed by atoms with van der Waals surface area (Å²) in [5, 5.41) is 13.6. The Morgan fingerprint density at radius 1 is 1.25 bits per heavy atom. The standard InChI is InChI=1S/C16H16N4O4/c1-9(21)19-7-6-13-11(8-19)14(15(17)22)18-20(13)12-5-3-2-4-10(12)16(23)24/h2-5H,6-8H2,1H3,(H2,17,22)(H,23,24). The lowest BCUT2D eigenvalue weighted by Crippen LogP contribution is -2.35. The summed E-state index contributed by atoms with van der Waals surface area (Å²) in [4.78, 5) is 36.4. The van der Waals surface area contributed by atoms with Crippen molar-refractivity contribution in [2.24, 2.45) is 5.73 Å². The van der Waals surface area contributed by atoms with E-state index in [0.29, 0.717) is 29.9 Å². The van der Waals surface area contributed by atoms with Gasteiger partial charge in [-0.05, 0) is 12.1 Å². The summed E-state index contributed by atoms with van der Waals surface area (Å²) in [5.41, 5.74) is 7.20. The number of rotatable bonds is 3. The Bertz CT molecular complexity index is 856. The fourth-order valence-corrected chi connectivity index (χ4v) is 2.92. The Kier molecular flexibility index (Phi) is 3.80. The van der Waals surface area contributed by atoms with Crippen molar-refractivity contribution in [1.82, 2.24) is 14.7 Å². The molecule has 1 aliphatic heterocycles. The number of benzene rings is 1. The number of carbonyl (C=O) groups is 3. The Hall–Kier alpha value is -3.16. The molecule has 1 aliphatic rings. The first-order chi connectivity index (χ1) is 11.4. The van der Waals surface area contributed by atoms with Crippen molar-refractivity contribution in [2.45, 2.75) is 19.9 Å². The van der Waals surface area contributed by atoms with Crippen LogP contribution in [0.15, 0.2) is 24.3 Å². The van der Waals surface area contributed by atoms with Crippen molar-refractivity contribution in [3.05, 3.63) is 46.8 Å². The monoisotopic (exact) mass is 328 g/mol. The molecule has 3 rings (SSSR count). The zero-order valence-electron chi connectivity index (χ0n) is 13.0. The molecule has 3 N–H and O–H groups in total. The van der Waals surface area contributed by atoms with E-state index in [4.69, 9.17) is 5.73 Å². The van der Waals surface area contributed by atoms with E-state index in [-0.39, 0.29) is 23.7 Å². The SMILES string of the molecule is CC(=O)N1CCc2c(c(C(N)=O)nn2-c2ccccc2C(=O)O)C1. The van der Waals surface area contributed by atoms with Gasteiger partial charge in [0.15, 0.2) is 5.69 Å². The summed E-state index contributed by atoms with van der Waals surface area (Å²) in [6.07, 6.45) is 0.461. The molecule has 2 aromatic rings. The van der Waals surface area contributed by atoms with Gasteiger partial charge in [0.25, 0.3) is 5.91 Å². The van der Waals surface area contributed by atoms with Crippen molar-refractivity contribution in [2.75, 3.05) is 6.54 Å². The van der Waals surface area contributed by atoms with E-state index >= 15 is 0 Å². The zero-order chi connectivity index (χ0) is 17.4. The number of carboxylic acids is 1. The van der Waals surface area contributed by atoms with Crippen LogP contribution in [0.25, 0.3) is 5.69 Å². The van der Waals surface area contributed by atoms with Gasteiger partial charge in [-0.3, -0.25) is 9.59 Å². The van der Waals surface area contributed by atoms with Crippen molar-refractivity contribution >= 4 is 17.8 Å². The highest BCUT2D eigenvalue weighted by Gasteiger charge is 2.29. The van der Waals surface area contributed by atoms with Gasteiger partial charge in [0.2, 0.25) is 5.91 Å². The van der Waals surface area contributed by atoms with E-state index in [1.165, 1.54) is 17.7 Å². The van der Waals surface area contributed by atoms with Crippen molar-refractivity contribution < 1.29 is 19.5 Å². The minimum atomic E-state index is -1.09. The molecule has 0 saturated heterocycles. The van der Waals surface area contributed by atoms with Crippen LogP contribution in [0.1, 0.15) is 39.0 Å². The molecule has 0 spiro atoms. The fraction of sp³-hybridized carbons (Fsp3) is 0.250. The third-order valence-corrected chi connectivity index (χ3v) is 4.10. The number of amides is 2. The predicted molar refractivity (Wildman–Crippen MR) is 83.8 cm³/mol. The maximum Gasteiger partial charge on any atom is 0.337 e. The summed E-state index contributed by atoms with van der Waals surface area (Å²) in [5.74, 6) is -1.89. The molecule has 1 aromatic carbocycles. The highest BCUT2D eigenvalue weighted by atomic mass is 16.4. The number of aromatic nitrogens is 2. The number of primary amides is 1. The van der Waals surface area contributed by atoms with E-state index < -0.39 is 11.9 Å². The minimum Gasteiger partial charge on any atom is -0.478 e. The Balaban J connectivity index is 2.19. The molecular formula is C16H16N4O4. The molecular weight excluding hydrogens is 312 g/mol. The molecule has 1 aromatic heterocycles. The molecule has 124 valence electrons. The Labute approximate surface area is 137 Å². The van der Waals surface area contributed by atoms with Gasteiger partial charge in [0.1, 0.15) is 0 Å². The maximum absolute atomic E-state index is 11.7. The summed E-state index contributed by atoms with van der Waals surface area (Å²) in [6.45, 7) is 2.17. The van der Waals surface area contributed by atoms with Crippen LogP contribution in [0, 0.1) is 0 Å². The van der Waals surface area contributed by atoms with Crippen molar-refractivity contribution in [3.63, 3.8) is 0 Å². The zero-order valence-corrected chi connectivity index (χ0v) is 13.0. The van der Waals surface area contributed by atoms with Gasteiger partial charge < -0.3 is 15.7 Å². The van der Waals surface area contributed by atoms with Crippen molar-refractivity contribution in [3.8, 4) is 5.69 Å². The van der Waals surface area contributed by atoms with Crippen LogP contribution < -0.4 is 5.73 Å². The second-order valence-corrected chi connectivity index (χ2v) is 5.56. The minimum absolute atomic E-state index is 0.0659. The van der Waals surface area contributed by atoms with E-state index in [9.17, 15) is 19.5 Å². The lowest BCUT2D eigenvalue weighted by atomic mass is 10.0. The number of fused-ring (bicyclic) bond motifs is 1. The number of para-hydroxylation sites is 1. The third kappa shape index (κ3) is 2.51. The second kappa shape index (κ2) is 5.80. The molecule has 8 nitrogen and oxygen atoms in total. The first-order valence-corrected chi connectivity index (χ1v) is 7.39. The summed E-state index contributed by atoms with van der Waals surface area (Å²) >= 11 is 0. The highest BCUT2D eigenvalue weighted by Crippen LogP contribution is 2.26. The molecule has 0 bridgehead atoms. The molecule has 2 amide bonds. The predicted octanol–water partition coefficient (Wildman–Crippen LogP) is 0.574. The van der Waals surface area contributed by atoms with Gasteiger partial charge in [-0.25, -0.2) is 9.48 Å². The molecule has 0 saturated carbocycles. The normalized spacial score (nSPS) is 13.5. The average Bonchev–Trinajstić information content (AvgIpc) is 2.93. The largest absolute Gasteiger partial charge is 0.478 e. The first kappa shape index (κ1) is 15.7. The molecule has 0 unspecified atom stereocenters. The fourth-order valence-electron chi connectivity index (χ4n) is 2.92. The van der Waals surface area contributed by atoms with Crippen LogP contribution in [0.2, 0.25) is 0 Å². The smallest absolute Gasteiger partial charge is 0.337 e. The summed E-state index contributed by atoms with van der Waals surface area (Å²) in [7, 11) is 0. The number of aromatic carboxylic acids is 1. The van der Waals surface area contributed by atoms with Gasteiger partial charge in [-0.2, -0.15) is 5.10 Å². The third-order valence-electron chi connectivity index (χ3n) is 4.10. The van der Waals surface area contributed by atoms with Gasteiger partial charge in [0, 0.05) is 32.0 Å².